The number of para-hydroxylation sites is 1. The van der Waals surface area contributed by atoms with Crippen molar-refractivity contribution in [3.63, 3.8) is 0 Å². The van der Waals surface area contributed by atoms with Crippen molar-refractivity contribution in [2.45, 2.75) is 26.4 Å². The number of carbonyl (C=O) groups excluding carboxylic acids is 1. The van der Waals surface area contributed by atoms with Gasteiger partial charge in [-0.05, 0) is 26.0 Å². The van der Waals surface area contributed by atoms with Crippen LogP contribution in [0.4, 0.5) is 5.69 Å². The lowest BCUT2D eigenvalue weighted by atomic mass is 10.2. The number of carbonyl (C=O) groups is 2. The Morgan fingerprint density at radius 3 is 2.42 bits per heavy atom. The highest BCUT2D eigenvalue weighted by Gasteiger charge is 2.17. The van der Waals surface area contributed by atoms with E-state index in [0.29, 0.717) is 5.69 Å². The second kappa shape index (κ2) is 7.53. The summed E-state index contributed by atoms with van der Waals surface area (Å²) in [4.78, 5) is 24.2. The molecule has 0 fully saturated rings. The Morgan fingerprint density at radius 2 is 1.89 bits per heavy atom. The van der Waals surface area contributed by atoms with Crippen LogP contribution in [-0.2, 0) is 14.3 Å². The van der Waals surface area contributed by atoms with Crippen LogP contribution in [0.25, 0.3) is 0 Å². The number of nitrogens with zero attached hydrogens (tertiary/aromatic N) is 1. The van der Waals surface area contributed by atoms with Gasteiger partial charge in [0.2, 0.25) is 0 Å². The van der Waals surface area contributed by atoms with Crippen molar-refractivity contribution < 1.29 is 19.4 Å². The monoisotopic (exact) mass is 265 g/mol. The van der Waals surface area contributed by atoms with Gasteiger partial charge in [0, 0.05) is 12.2 Å². The summed E-state index contributed by atoms with van der Waals surface area (Å²) in [5.41, 5.74) is 0.682. The molecule has 5 nitrogen and oxygen atoms in total. The number of benzene rings is 1. The maximum Gasteiger partial charge on any atom is 0.305 e. The molecular weight excluding hydrogens is 246 g/mol. The number of aliphatic carboxylic acids is 1. The molecule has 0 heterocycles. The third-order valence-corrected chi connectivity index (χ3v) is 2.46. The zero-order valence-electron chi connectivity index (χ0n) is 11.2. The van der Waals surface area contributed by atoms with E-state index in [-0.39, 0.29) is 31.6 Å². The molecule has 0 spiro atoms. The van der Waals surface area contributed by atoms with Gasteiger partial charge in [-0.2, -0.15) is 0 Å². The Hall–Kier alpha value is -1.88. The van der Waals surface area contributed by atoms with Gasteiger partial charge in [0.25, 0.3) is 5.91 Å². The van der Waals surface area contributed by atoms with E-state index in [1.54, 1.807) is 24.3 Å². The van der Waals surface area contributed by atoms with Crippen molar-refractivity contribution in [2.75, 3.05) is 18.1 Å². The molecule has 0 radical (unpaired) electrons. The molecule has 1 rings (SSSR count). The Kier molecular flexibility index (Phi) is 6.02. The van der Waals surface area contributed by atoms with E-state index >= 15 is 0 Å². The molecule has 1 aromatic carbocycles. The molecule has 0 bridgehead atoms. The zero-order chi connectivity index (χ0) is 14.3. The van der Waals surface area contributed by atoms with Crippen molar-refractivity contribution >= 4 is 17.6 Å². The predicted octanol–water partition coefficient (Wildman–Crippen LogP) is 1.92. The number of hydrogen-bond donors (Lipinski definition) is 1. The quantitative estimate of drug-likeness (QED) is 0.818. The van der Waals surface area contributed by atoms with Gasteiger partial charge in [0.15, 0.2) is 0 Å². The van der Waals surface area contributed by atoms with Gasteiger partial charge in [-0.1, -0.05) is 18.2 Å². The molecule has 0 aliphatic rings. The summed E-state index contributed by atoms with van der Waals surface area (Å²) in [6.45, 7) is 3.78. The first kappa shape index (κ1) is 15.2. The molecule has 0 saturated carbocycles. The van der Waals surface area contributed by atoms with Crippen LogP contribution in [0.15, 0.2) is 30.3 Å². The Morgan fingerprint density at radius 1 is 1.26 bits per heavy atom. The van der Waals surface area contributed by atoms with Gasteiger partial charge < -0.3 is 14.7 Å². The van der Waals surface area contributed by atoms with E-state index in [1.165, 1.54) is 4.90 Å². The number of rotatable bonds is 7. The molecule has 1 N–H and O–H groups in total. The normalized spacial score (nSPS) is 10.5. The summed E-state index contributed by atoms with van der Waals surface area (Å²) in [6.07, 6.45) is -0.136. The molecule has 0 unspecified atom stereocenters. The van der Waals surface area contributed by atoms with E-state index in [2.05, 4.69) is 0 Å². The van der Waals surface area contributed by atoms with Crippen LogP contribution >= 0.6 is 0 Å². The fraction of sp³-hybridized carbons (Fsp3) is 0.429. The first-order valence-electron chi connectivity index (χ1n) is 6.19. The van der Waals surface area contributed by atoms with E-state index in [4.69, 9.17) is 9.84 Å². The lowest BCUT2D eigenvalue weighted by molar-refractivity contribution is -0.136. The average Bonchev–Trinajstić information content (AvgIpc) is 2.37. The Labute approximate surface area is 112 Å². The minimum absolute atomic E-state index is 0.0407. The van der Waals surface area contributed by atoms with Crippen LogP contribution in [0.3, 0.4) is 0 Å². The molecule has 1 amide bonds. The molecule has 0 atom stereocenters. The van der Waals surface area contributed by atoms with Crippen molar-refractivity contribution in [3.8, 4) is 0 Å². The summed E-state index contributed by atoms with van der Waals surface area (Å²) in [5.74, 6) is -1.17. The van der Waals surface area contributed by atoms with Gasteiger partial charge in [-0.3, -0.25) is 9.59 Å². The maximum atomic E-state index is 12.1. The summed E-state index contributed by atoms with van der Waals surface area (Å²) < 4.78 is 5.27. The second-order valence-corrected chi connectivity index (χ2v) is 4.38. The van der Waals surface area contributed by atoms with E-state index in [9.17, 15) is 9.59 Å². The lowest BCUT2D eigenvalue weighted by Crippen LogP contribution is -2.36. The number of amides is 1. The molecule has 1 aromatic rings. The van der Waals surface area contributed by atoms with Gasteiger partial charge in [-0.25, -0.2) is 0 Å². The summed E-state index contributed by atoms with van der Waals surface area (Å²) >= 11 is 0. The fourth-order valence-electron chi connectivity index (χ4n) is 1.53. The van der Waals surface area contributed by atoms with Crippen molar-refractivity contribution in [3.05, 3.63) is 30.3 Å². The highest BCUT2D eigenvalue weighted by Crippen LogP contribution is 2.14. The third kappa shape index (κ3) is 5.52. The Bertz CT molecular complexity index is 417. The van der Waals surface area contributed by atoms with Crippen LogP contribution in [0.1, 0.15) is 20.3 Å². The van der Waals surface area contributed by atoms with Gasteiger partial charge >= 0.3 is 5.97 Å². The highest BCUT2D eigenvalue weighted by molar-refractivity contribution is 5.94. The summed E-state index contributed by atoms with van der Waals surface area (Å²) in [6, 6.07) is 9.00. The Balaban J connectivity index is 2.74. The maximum absolute atomic E-state index is 12.1. The van der Waals surface area contributed by atoms with E-state index in [0.717, 1.165) is 0 Å². The van der Waals surface area contributed by atoms with Crippen LogP contribution in [0.2, 0.25) is 0 Å². The molecule has 0 aliphatic carbocycles. The highest BCUT2D eigenvalue weighted by atomic mass is 16.5. The van der Waals surface area contributed by atoms with Crippen molar-refractivity contribution in [1.29, 1.82) is 0 Å². The van der Waals surface area contributed by atoms with Gasteiger partial charge in [0.1, 0.15) is 6.61 Å². The first-order chi connectivity index (χ1) is 9.00. The van der Waals surface area contributed by atoms with E-state index in [1.807, 2.05) is 19.9 Å². The molecule has 0 saturated heterocycles. The molecule has 104 valence electrons. The SMILES string of the molecule is CC(C)OCC(=O)N(CCC(=O)O)c1ccccc1. The van der Waals surface area contributed by atoms with Crippen LogP contribution < -0.4 is 4.90 Å². The fourth-order valence-corrected chi connectivity index (χ4v) is 1.53. The molecular formula is C14H19NO4. The summed E-state index contributed by atoms with van der Waals surface area (Å²) in [7, 11) is 0. The number of anilines is 1. The number of ether oxygens (including phenoxy) is 1. The molecule has 0 aliphatic heterocycles. The van der Waals surface area contributed by atoms with Crippen LogP contribution in [0, 0.1) is 0 Å². The number of carboxylic acid groups (broad SMARTS) is 1. The topological polar surface area (TPSA) is 66.8 Å². The van der Waals surface area contributed by atoms with Gasteiger partial charge in [-0.15, -0.1) is 0 Å². The number of hydrogen-bond acceptors (Lipinski definition) is 3. The molecule has 5 heteroatoms. The minimum Gasteiger partial charge on any atom is -0.481 e. The standard InChI is InChI=1S/C14H19NO4/c1-11(2)19-10-13(16)15(9-8-14(17)18)12-6-4-3-5-7-12/h3-7,11H,8-10H2,1-2H3,(H,17,18). The first-order valence-corrected chi connectivity index (χ1v) is 6.19. The zero-order valence-corrected chi connectivity index (χ0v) is 11.2. The third-order valence-electron chi connectivity index (χ3n) is 2.46. The predicted molar refractivity (Wildman–Crippen MR) is 72.1 cm³/mol. The lowest BCUT2D eigenvalue weighted by Gasteiger charge is -2.22. The summed E-state index contributed by atoms with van der Waals surface area (Å²) in [5, 5.41) is 8.74. The molecule has 19 heavy (non-hydrogen) atoms. The second-order valence-electron chi connectivity index (χ2n) is 4.38. The average molecular weight is 265 g/mol. The van der Waals surface area contributed by atoms with Crippen LogP contribution in [0.5, 0.6) is 0 Å². The van der Waals surface area contributed by atoms with Crippen molar-refractivity contribution in [2.24, 2.45) is 0 Å². The number of carboxylic acids is 1. The smallest absolute Gasteiger partial charge is 0.305 e. The van der Waals surface area contributed by atoms with Crippen molar-refractivity contribution in [1.82, 2.24) is 0 Å². The minimum atomic E-state index is -0.932. The van der Waals surface area contributed by atoms with Gasteiger partial charge in [0.05, 0.1) is 12.5 Å². The van der Waals surface area contributed by atoms with Crippen LogP contribution in [-0.4, -0.2) is 36.2 Å². The van der Waals surface area contributed by atoms with E-state index < -0.39 is 5.97 Å². The molecule has 0 aromatic heterocycles. The largest absolute Gasteiger partial charge is 0.481 e.